The van der Waals surface area contributed by atoms with E-state index in [-0.39, 0.29) is 11.9 Å². The van der Waals surface area contributed by atoms with Gasteiger partial charge in [-0.2, -0.15) is 0 Å². The highest BCUT2D eigenvalue weighted by Crippen LogP contribution is 2.30. The Morgan fingerprint density at radius 1 is 1.36 bits per heavy atom. The van der Waals surface area contributed by atoms with Gasteiger partial charge in [-0.3, -0.25) is 9.78 Å². The lowest BCUT2D eigenvalue weighted by Gasteiger charge is -2.26. The number of hydrogen-bond acceptors (Lipinski definition) is 4. The second kappa shape index (κ2) is 5.94. The molecule has 1 N–H and O–H groups in total. The zero-order valence-electron chi connectivity index (χ0n) is 12.7. The number of carbonyl (C=O) groups excluding carboxylic acids is 1. The van der Waals surface area contributed by atoms with Gasteiger partial charge < -0.3 is 14.9 Å². The maximum atomic E-state index is 12.7. The van der Waals surface area contributed by atoms with E-state index in [9.17, 15) is 14.7 Å². The highest BCUT2D eigenvalue weighted by Gasteiger charge is 2.39. The summed E-state index contributed by atoms with van der Waals surface area (Å²) < 4.78 is 0. The first-order chi connectivity index (χ1) is 10.6. The second-order valence-electron chi connectivity index (χ2n) is 6.05. The van der Waals surface area contributed by atoms with Gasteiger partial charge in [0.15, 0.2) is 0 Å². The number of nitrogens with zero attached hydrogens (tertiary/aromatic N) is 3. The van der Waals surface area contributed by atoms with Gasteiger partial charge in [0.05, 0.1) is 0 Å². The number of anilines is 1. The number of carboxylic acid groups (broad SMARTS) is 1. The molecule has 1 aromatic rings. The normalized spacial score (nSPS) is 19.0. The minimum atomic E-state index is -0.976. The van der Waals surface area contributed by atoms with Crippen LogP contribution < -0.4 is 4.90 Å². The topological polar surface area (TPSA) is 73.7 Å². The van der Waals surface area contributed by atoms with Gasteiger partial charge in [-0.1, -0.05) is 0 Å². The van der Waals surface area contributed by atoms with Crippen LogP contribution in [0.3, 0.4) is 0 Å². The van der Waals surface area contributed by atoms with Crippen LogP contribution in [0.25, 0.3) is 0 Å². The summed E-state index contributed by atoms with van der Waals surface area (Å²) in [5.41, 5.74) is 1.33. The molecule has 1 atom stereocenters. The molecule has 118 valence electrons. The number of carboxylic acids is 1. The lowest BCUT2D eigenvalue weighted by atomic mass is 10.2. The van der Waals surface area contributed by atoms with E-state index in [1.54, 1.807) is 19.2 Å². The van der Waals surface area contributed by atoms with E-state index in [4.69, 9.17) is 0 Å². The number of rotatable bonds is 5. The molecule has 2 heterocycles. The molecule has 1 aliphatic carbocycles. The van der Waals surface area contributed by atoms with Crippen LogP contribution >= 0.6 is 0 Å². The molecule has 1 saturated carbocycles. The Kier molecular flexibility index (Phi) is 4.00. The fourth-order valence-electron chi connectivity index (χ4n) is 2.97. The van der Waals surface area contributed by atoms with Gasteiger partial charge in [-0.05, 0) is 44.7 Å². The predicted molar refractivity (Wildman–Crippen MR) is 82.0 cm³/mol. The van der Waals surface area contributed by atoms with Crippen molar-refractivity contribution in [3.05, 3.63) is 24.0 Å². The first-order valence-electron chi connectivity index (χ1n) is 7.84. The fraction of sp³-hybridized carbons (Fsp3) is 0.562. The van der Waals surface area contributed by atoms with Crippen molar-refractivity contribution in [3.63, 3.8) is 0 Å². The molecule has 0 aromatic carbocycles. The third-order valence-electron chi connectivity index (χ3n) is 4.38. The fourth-order valence-corrected chi connectivity index (χ4v) is 2.97. The van der Waals surface area contributed by atoms with E-state index < -0.39 is 12.0 Å². The molecule has 0 bridgehead atoms. The predicted octanol–water partition coefficient (Wildman–Crippen LogP) is 1.76. The molecule has 0 spiro atoms. The number of carbonyl (C=O) groups is 2. The Hall–Kier alpha value is -2.11. The summed E-state index contributed by atoms with van der Waals surface area (Å²) in [6, 6.07) is 2.91. The lowest BCUT2D eigenvalue weighted by molar-refractivity contribution is -0.141. The molecule has 1 unspecified atom stereocenters. The number of aromatic nitrogens is 1. The Labute approximate surface area is 129 Å². The van der Waals surface area contributed by atoms with Gasteiger partial charge in [0, 0.05) is 31.0 Å². The molecule has 3 rings (SSSR count). The standard InChI is InChI=1S/C16H21N3O3/c1-11(16(21)22)19(12-4-5-12)15(20)14-10-13(6-7-17-14)18-8-2-3-9-18/h6-7,10-12H,2-5,8-9H2,1H3,(H,21,22). The molecule has 22 heavy (non-hydrogen) atoms. The minimum absolute atomic E-state index is 0.0378. The number of hydrogen-bond donors (Lipinski definition) is 1. The second-order valence-corrected chi connectivity index (χ2v) is 6.05. The number of pyridine rings is 1. The van der Waals surface area contributed by atoms with E-state index in [1.165, 1.54) is 4.90 Å². The summed E-state index contributed by atoms with van der Waals surface area (Å²) in [6.45, 7) is 3.55. The quantitative estimate of drug-likeness (QED) is 0.897. The van der Waals surface area contributed by atoms with Crippen molar-refractivity contribution in [2.45, 2.75) is 44.7 Å². The smallest absolute Gasteiger partial charge is 0.326 e. The maximum Gasteiger partial charge on any atom is 0.326 e. The van der Waals surface area contributed by atoms with Crippen LogP contribution in [0, 0.1) is 0 Å². The summed E-state index contributed by atoms with van der Waals surface area (Å²) >= 11 is 0. The Balaban J connectivity index is 1.83. The average molecular weight is 303 g/mol. The zero-order chi connectivity index (χ0) is 15.7. The van der Waals surface area contributed by atoms with Gasteiger partial charge in [0.25, 0.3) is 5.91 Å². The molecular weight excluding hydrogens is 282 g/mol. The average Bonchev–Trinajstić information content (AvgIpc) is 3.19. The Morgan fingerprint density at radius 3 is 2.64 bits per heavy atom. The van der Waals surface area contributed by atoms with Gasteiger partial charge in [0.2, 0.25) is 0 Å². The third-order valence-corrected chi connectivity index (χ3v) is 4.38. The Bertz CT molecular complexity index is 580. The van der Waals surface area contributed by atoms with Gasteiger partial charge in [-0.15, -0.1) is 0 Å². The van der Waals surface area contributed by atoms with Gasteiger partial charge in [0.1, 0.15) is 11.7 Å². The summed E-state index contributed by atoms with van der Waals surface area (Å²) in [7, 11) is 0. The molecule has 1 aliphatic heterocycles. The molecule has 6 nitrogen and oxygen atoms in total. The van der Waals surface area contributed by atoms with Crippen molar-refractivity contribution in [2.75, 3.05) is 18.0 Å². The van der Waals surface area contributed by atoms with Crippen LogP contribution in [0.5, 0.6) is 0 Å². The third kappa shape index (κ3) is 2.91. The van der Waals surface area contributed by atoms with Crippen molar-refractivity contribution < 1.29 is 14.7 Å². The van der Waals surface area contributed by atoms with Crippen LogP contribution in [0.2, 0.25) is 0 Å². The summed E-state index contributed by atoms with van der Waals surface area (Å²) in [6.07, 6.45) is 5.70. The monoisotopic (exact) mass is 303 g/mol. The molecule has 1 aromatic heterocycles. The molecule has 1 amide bonds. The van der Waals surface area contributed by atoms with E-state index in [1.807, 2.05) is 6.07 Å². The van der Waals surface area contributed by atoms with Crippen LogP contribution in [0.15, 0.2) is 18.3 Å². The van der Waals surface area contributed by atoms with Crippen molar-refractivity contribution >= 4 is 17.6 Å². The molecular formula is C16H21N3O3. The van der Waals surface area contributed by atoms with E-state index in [0.717, 1.165) is 44.5 Å². The zero-order valence-corrected chi connectivity index (χ0v) is 12.7. The van der Waals surface area contributed by atoms with Crippen LogP contribution in [-0.2, 0) is 4.79 Å². The molecule has 2 fully saturated rings. The molecule has 1 saturated heterocycles. The van der Waals surface area contributed by atoms with Crippen LogP contribution in [-0.4, -0.2) is 52.0 Å². The first-order valence-corrected chi connectivity index (χ1v) is 7.84. The van der Waals surface area contributed by atoms with Gasteiger partial charge in [-0.25, -0.2) is 4.79 Å². The Morgan fingerprint density at radius 2 is 2.05 bits per heavy atom. The maximum absolute atomic E-state index is 12.7. The number of aliphatic carboxylic acids is 1. The first kappa shape index (κ1) is 14.8. The van der Waals surface area contributed by atoms with E-state index in [0.29, 0.717) is 5.69 Å². The van der Waals surface area contributed by atoms with E-state index >= 15 is 0 Å². The summed E-state index contributed by atoms with van der Waals surface area (Å²) in [4.78, 5) is 31.9. The van der Waals surface area contributed by atoms with Crippen LogP contribution in [0.1, 0.15) is 43.1 Å². The van der Waals surface area contributed by atoms with Crippen molar-refractivity contribution in [3.8, 4) is 0 Å². The van der Waals surface area contributed by atoms with E-state index in [2.05, 4.69) is 9.88 Å². The lowest BCUT2D eigenvalue weighted by Crippen LogP contribution is -2.45. The summed E-state index contributed by atoms with van der Waals surface area (Å²) in [5, 5.41) is 9.23. The summed E-state index contributed by atoms with van der Waals surface area (Å²) in [5.74, 6) is -1.26. The van der Waals surface area contributed by atoms with Crippen molar-refractivity contribution in [1.29, 1.82) is 0 Å². The van der Waals surface area contributed by atoms with Gasteiger partial charge >= 0.3 is 5.97 Å². The minimum Gasteiger partial charge on any atom is -0.480 e. The van der Waals surface area contributed by atoms with Crippen molar-refractivity contribution in [1.82, 2.24) is 9.88 Å². The largest absolute Gasteiger partial charge is 0.480 e. The highest BCUT2D eigenvalue weighted by molar-refractivity contribution is 5.96. The number of amides is 1. The molecule has 0 radical (unpaired) electrons. The molecule has 6 heteroatoms. The van der Waals surface area contributed by atoms with Crippen LogP contribution in [0.4, 0.5) is 5.69 Å². The SMILES string of the molecule is CC(C(=O)O)N(C(=O)c1cc(N2CCCC2)ccn1)C1CC1. The highest BCUT2D eigenvalue weighted by atomic mass is 16.4. The molecule has 2 aliphatic rings. The van der Waals surface area contributed by atoms with Crippen molar-refractivity contribution in [2.24, 2.45) is 0 Å².